The zero-order valence-corrected chi connectivity index (χ0v) is 57.4. The summed E-state index contributed by atoms with van der Waals surface area (Å²) in [4.78, 5) is 0. The van der Waals surface area contributed by atoms with Crippen LogP contribution in [0.2, 0.25) is 0 Å². The zero-order chi connectivity index (χ0) is 57.5. The molecule has 0 aliphatic heterocycles. The maximum Gasteiger partial charge on any atom is -0.0383 e. The molecule has 0 saturated carbocycles. The second kappa shape index (κ2) is 75.1. The van der Waals surface area contributed by atoms with Gasteiger partial charge in [-0.3, -0.25) is 0 Å². The average Bonchev–Trinajstić information content (AvgIpc) is 3.46. The number of rotatable bonds is 75. The van der Waals surface area contributed by atoms with E-state index in [1.54, 1.807) is 0 Å². The highest BCUT2D eigenvalue weighted by atomic mass is 14.2. The van der Waals surface area contributed by atoms with Crippen LogP contribution in [0.1, 0.15) is 496 Å². The first-order valence-electron chi connectivity index (χ1n) is 39.6. The number of unbranched alkanes of at least 4 members (excludes halogenated alkanes) is 65. The molecule has 0 N–H and O–H groups in total. The smallest absolute Gasteiger partial charge is 0.0383 e. The average molecular weight is 1120 g/mol. The minimum Gasteiger partial charge on any atom is -0.0654 e. The van der Waals surface area contributed by atoms with E-state index in [4.69, 9.17) is 0 Å². The molecule has 0 rings (SSSR count). The monoisotopic (exact) mass is 1120 g/mol. The van der Waals surface area contributed by atoms with Crippen molar-refractivity contribution in [3.8, 4) is 0 Å². The van der Waals surface area contributed by atoms with Gasteiger partial charge in [-0.1, -0.05) is 484 Å². The second-order valence-electron chi connectivity index (χ2n) is 28.1. The largest absolute Gasteiger partial charge is 0.0654 e. The molecular formula is C80H161. The third-order valence-corrected chi connectivity index (χ3v) is 19.6. The topological polar surface area (TPSA) is 0 Å². The lowest BCUT2D eigenvalue weighted by Crippen LogP contribution is -2.03. The predicted molar refractivity (Wildman–Crippen MR) is 371 cm³/mol. The molecule has 0 heteroatoms. The molecule has 0 bridgehead atoms. The molecule has 0 fully saturated rings. The Bertz CT molecular complexity index is 1010. The molecule has 1 radical (unpaired) electrons. The Morgan fingerprint density at radius 2 is 0.325 bits per heavy atom. The molecule has 0 aliphatic carbocycles. The van der Waals surface area contributed by atoms with Crippen molar-refractivity contribution in [2.75, 3.05) is 0 Å². The first kappa shape index (κ1) is 80.0. The van der Waals surface area contributed by atoms with Gasteiger partial charge in [0.1, 0.15) is 0 Å². The van der Waals surface area contributed by atoms with Crippen molar-refractivity contribution in [2.45, 2.75) is 496 Å². The quantitative estimate of drug-likeness (QED) is 0.0533. The fourth-order valence-electron chi connectivity index (χ4n) is 13.6. The van der Waals surface area contributed by atoms with Crippen LogP contribution in [0, 0.1) is 18.3 Å². The van der Waals surface area contributed by atoms with E-state index < -0.39 is 0 Å². The Balaban J connectivity index is 4.07. The van der Waals surface area contributed by atoms with Crippen LogP contribution in [0.3, 0.4) is 0 Å². The maximum atomic E-state index is 2.76. The van der Waals surface area contributed by atoms with Crippen LogP contribution >= 0.6 is 0 Å². The third kappa shape index (κ3) is 72.3. The van der Waals surface area contributed by atoms with E-state index in [0.29, 0.717) is 0 Å². The van der Waals surface area contributed by atoms with E-state index in [2.05, 4.69) is 34.1 Å². The van der Waals surface area contributed by atoms with Crippen LogP contribution in [-0.4, -0.2) is 0 Å². The van der Waals surface area contributed by atoms with Gasteiger partial charge < -0.3 is 0 Å². The lowest BCUT2D eigenvalue weighted by molar-refractivity contribution is 0.387. The van der Waals surface area contributed by atoms with Gasteiger partial charge in [-0.05, 0) is 31.1 Å². The summed E-state index contributed by atoms with van der Waals surface area (Å²) in [5, 5.41) is 0. The molecule has 2 unspecified atom stereocenters. The Morgan fingerprint density at radius 1 is 0.175 bits per heavy atom. The first-order valence-corrected chi connectivity index (χ1v) is 39.6. The lowest BCUT2D eigenvalue weighted by atomic mass is 9.88. The molecule has 0 saturated heterocycles. The van der Waals surface area contributed by atoms with Crippen molar-refractivity contribution in [1.29, 1.82) is 0 Å². The molecule has 2 atom stereocenters. The summed E-state index contributed by atoms with van der Waals surface area (Å²) in [5.41, 5.74) is 0. The molecule has 0 aromatic rings. The molecular weight excluding hydrogens is 961 g/mol. The van der Waals surface area contributed by atoms with E-state index in [-0.39, 0.29) is 0 Å². The van der Waals surface area contributed by atoms with Crippen LogP contribution in [-0.2, 0) is 0 Å². The highest BCUT2D eigenvalue weighted by Gasteiger charge is 2.11. The standard InChI is InChI=1S/C80H161/c1-5-8-11-14-17-20-23-26-29-32-35-37-39-40-42-44-47-50-53-56-59-62-65-68-71-77-80(76-70-67-64-61-58-55-52-49-46-43-41-38-36-33-30-27-24-21-18-15-12-9-6-2)78-73-72-75-79(4)74-69-66-63-60-57-54-51-48-45-34-31-28-25-22-19-16-13-10-7-3/h73,79-80H,5-72,74-78H2,1-4H3. The van der Waals surface area contributed by atoms with Gasteiger partial charge in [0.15, 0.2) is 0 Å². The van der Waals surface area contributed by atoms with E-state index in [9.17, 15) is 0 Å². The van der Waals surface area contributed by atoms with Crippen molar-refractivity contribution in [1.82, 2.24) is 0 Å². The fourth-order valence-corrected chi connectivity index (χ4v) is 13.6. The van der Waals surface area contributed by atoms with E-state index >= 15 is 0 Å². The van der Waals surface area contributed by atoms with Crippen molar-refractivity contribution >= 4 is 0 Å². The number of hydrogen-bond acceptors (Lipinski definition) is 0. The Labute approximate surface area is 512 Å². The van der Waals surface area contributed by atoms with Gasteiger partial charge in [-0.25, -0.2) is 0 Å². The van der Waals surface area contributed by atoms with Gasteiger partial charge >= 0.3 is 0 Å². The summed E-state index contributed by atoms with van der Waals surface area (Å²) in [6.45, 7) is 9.52. The van der Waals surface area contributed by atoms with E-state index in [1.165, 1.54) is 469 Å². The number of hydrogen-bond donors (Lipinski definition) is 0. The summed E-state index contributed by atoms with van der Waals surface area (Å²) >= 11 is 0. The lowest BCUT2D eigenvalue weighted by Gasteiger charge is -2.18. The first-order chi connectivity index (χ1) is 39.7. The van der Waals surface area contributed by atoms with Crippen LogP contribution in [0.5, 0.6) is 0 Å². The molecule has 0 amide bonds. The Morgan fingerprint density at radius 3 is 0.500 bits per heavy atom. The zero-order valence-electron chi connectivity index (χ0n) is 57.4. The normalized spacial score (nSPS) is 12.6. The highest BCUT2D eigenvalue weighted by Crippen LogP contribution is 2.27. The SMILES string of the molecule is CCCCCCCCCCCCCCCCCCCCCCCCCCCC(C[CH]CCC(C)CCCCCCCCCCCCCCCCCCCCC)CCCCCCCCCCCCCCCCCCCCCCCCC. The van der Waals surface area contributed by atoms with Crippen LogP contribution in [0.4, 0.5) is 0 Å². The van der Waals surface area contributed by atoms with Crippen molar-refractivity contribution < 1.29 is 0 Å². The highest BCUT2D eigenvalue weighted by molar-refractivity contribution is 4.74. The minimum atomic E-state index is 0.915. The summed E-state index contributed by atoms with van der Waals surface area (Å²) in [6.07, 6.45) is 111. The fraction of sp³-hybridized carbons (Fsp3) is 0.988. The van der Waals surface area contributed by atoms with Crippen LogP contribution < -0.4 is 0 Å². The van der Waals surface area contributed by atoms with Crippen LogP contribution in [0.25, 0.3) is 0 Å². The summed E-state index contributed by atoms with van der Waals surface area (Å²) in [7, 11) is 0. The summed E-state index contributed by atoms with van der Waals surface area (Å²) < 4.78 is 0. The van der Waals surface area contributed by atoms with E-state index in [0.717, 1.165) is 11.8 Å². The molecule has 0 aliphatic rings. The molecule has 0 nitrogen and oxygen atoms in total. The van der Waals surface area contributed by atoms with Gasteiger partial charge in [-0.2, -0.15) is 0 Å². The maximum absolute atomic E-state index is 2.76. The molecule has 0 heterocycles. The van der Waals surface area contributed by atoms with Gasteiger partial charge in [0.25, 0.3) is 0 Å². The van der Waals surface area contributed by atoms with Gasteiger partial charge in [0.2, 0.25) is 0 Å². The van der Waals surface area contributed by atoms with Crippen molar-refractivity contribution in [2.24, 2.45) is 11.8 Å². The molecule has 0 aromatic carbocycles. The van der Waals surface area contributed by atoms with E-state index in [1.807, 2.05) is 0 Å². The Hall–Kier alpha value is 0. The second-order valence-corrected chi connectivity index (χ2v) is 28.1. The third-order valence-electron chi connectivity index (χ3n) is 19.6. The van der Waals surface area contributed by atoms with Crippen molar-refractivity contribution in [3.63, 3.8) is 0 Å². The summed E-state index contributed by atoms with van der Waals surface area (Å²) in [5.74, 6) is 1.88. The van der Waals surface area contributed by atoms with Gasteiger partial charge in [0, 0.05) is 0 Å². The van der Waals surface area contributed by atoms with Crippen molar-refractivity contribution in [3.05, 3.63) is 6.42 Å². The Kier molecular flexibility index (Phi) is 75.1. The molecule has 0 aromatic heterocycles. The van der Waals surface area contributed by atoms with Gasteiger partial charge in [0.05, 0.1) is 0 Å². The van der Waals surface area contributed by atoms with Crippen LogP contribution in [0.15, 0.2) is 0 Å². The predicted octanol–water partition coefficient (Wildman–Crippen LogP) is 31.0. The molecule has 0 spiro atoms. The molecule has 80 heavy (non-hydrogen) atoms. The van der Waals surface area contributed by atoms with Gasteiger partial charge in [-0.15, -0.1) is 0 Å². The summed E-state index contributed by atoms with van der Waals surface area (Å²) in [6, 6.07) is 0. The minimum absolute atomic E-state index is 0.915. The molecule has 481 valence electrons.